The predicted octanol–water partition coefficient (Wildman–Crippen LogP) is 2.64. The highest BCUT2D eigenvalue weighted by Gasteiger charge is 2.42. The van der Waals surface area contributed by atoms with Crippen LogP contribution in [0.2, 0.25) is 0 Å². The topological polar surface area (TPSA) is 61.4 Å². The molecule has 2 fully saturated rings. The molecule has 5 unspecified atom stereocenters. The summed E-state index contributed by atoms with van der Waals surface area (Å²) in [4.78, 5) is 12.3. The van der Waals surface area contributed by atoms with Crippen molar-refractivity contribution in [3.63, 3.8) is 0 Å². The Morgan fingerprint density at radius 1 is 1.25 bits per heavy atom. The molecule has 0 aromatic heterocycles. The second-order valence-corrected chi connectivity index (χ2v) is 7.55. The van der Waals surface area contributed by atoms with E-state index in [1.54, 1.807) is 0 Å². The summed E-state index contributed by atoms with van der Waals surface area (Å²) >= 11 is 0. The third-order valence-electron chi connectivity index (χ3n) is 5.95. The van der Waals surface area contributed by atoms with Gasteiger partial charge in [-0.05, 0) is 55.9 Å². The van der Waals surface area contributed by atoms with E-state index >= 15 is 0 Å². The van der Waals surface area contributed by atoms with Crippen molar-refractivity contribution in [2.45, 2.75) is 51.1 Å². The van der Waals surface area contributed by atoms with E-state index in [1.165, 1.54) is 25.7 Å². The van der Waals surface area contributed by atoms with Gasteiger partial charge in [0.15, 0.2) is 0 Å². The zero-order chi connectivity index (χ0) is 16.9. The van der Waals surface area contributed by atoms with Gasteiger partial charge in [-0.2, -0.15) is 0 Å². The van der Waals surface area contributed by atoms with Crippen LogP contribution in [-0.4, -0.2) is 30.2 Å². The quantitative estimate of drug-likeness (QED) is 0.687. The number of hydrogen-bond donors (Lipinski definition) is 3. The van der Waals surface area contributed by atoms with E-state index in [1.807, 2.05) is 30.3 Å². The molecular weight excluding hydrogens is 300 g/mol. The minimum atomic E-state index is 0.0137. The molecule has 5 atom stereocenters. The molecule has 3 rings (SSSR count). The van der Waals surface area contributed by atoms with Crippen molar-refractivity contribution >= 4 is 5.91 Å². The Balaban J connectivity index is 1.47. The first kappa shape index (κ1) is 17.4. The van der Waals surface area contributed by atoms with Gasteiger partial charge in [0.2, 0.25) is 5.91 Å². The third kappa shape index (κ3) is 4.17. The molecule has 132 valence electrons. The Bertz CT molecular complexity index is 534. The van der Waals surface area contributed by atoms with Gasteiger partial charge >= 0.3 is 0 Å². The van der Waals surface area contributed by atoms with Crippen molar-refractivity contribution in [3.05, 3.63) is 35.9 Å². The van der Waals surface area contributed by atoms with E-state index in [0.29, 0.717) is 18.9 Å². The van der Waals surface area contributed by atoms with Crippen LogP contribution in [0.25, 0.3) is 0 Å². The summed E-state index contributed by atoms with van der Waals surface area (Å²) in [6.07, 6.45) is 6.01. The molecule has 1 amide bonds. The van der Waals surface area contributed by atoms with Crippen molar-refractivity contribution in [2.75, 3.05) is 13.2 Å². The molecule has 0 spiro atoms. The molecule has 4 heteroatoms. The minimum absolute atomic E-state index is 0.0137. The number of aliphatic hydroxyl groups is 1. The first-order valence-electron chi connectivity index (χ1n) is 9.36. The SMILES string of the molecule is CC(NC(=O)CNC(CCO)c1ccccc1)C1CC2CCC1C2. The molecule has 1 aromatic carbocycles. The lowest BCUT2D eigenvalue weighted by molar-refractivity contribution is -0.121. The number of nitrogens with one attached hydrogen (secondary N) is 2. The van der Waals surface area contributed by atoms with Crippen molar-refractivity contribution in [2.24, 2.45) is 17.8 Å². The fourth-order valence-electron chi connectivity index (χ4n) is 4.74. The van der Waals surface area contributed by atoms with Gasteiger partial charge in [-0.25, -0.2) is 0 Å². The van der Waals surface area contributed by atoms with Crippen LogP contribution >= 0.6 is 0 Å². The van der Waals surface area contributed by atoms with Crippen LogP contribution in [0.15, 0.2) is 30.3 Å². The maximum atomic E-state index is 12.3. The van der Waals surface area contributed by atoms with Gasteiger partial charge in [-0.1, -0.05) is 36.8 Å². The smallest absolute Gasteiger partial charge is 0.234 e. The Hall–Kier alpha value is -1.39. The average molecular weight is 330 g/mol. The van der Waals surface area contributed by atoms with Crippen LogP contribution in [-0.2, 0) is 4.79 Å². The van der Waals surface area contributed by atoms with Gasteiger partial charge in [0, 0.05) is 18.7 Å². The number of aliphatic hydroxyl groups excluding tert-OH is 1. The summed E-state index contributed by atoms with van der Waals surface area (Å²) in [7, 11) is 0. The molecule has 2 saturated carbocycles. The van der Waals surface area contributed by atoms with E-state index in [9.17, 15) is 9.90 Å². The lowest BCUT2D eigenvalue weighted by Gasteiger charge is -2.29. The van der Waals surface area contributed by atoms with Crippen molar-refractivity contribution in [1.82, 2.24) is 10.6 Å². The Labute approximate surface area is 145 Å². The zero-order valence-electron chi connectivity index (χ0n) is 14.6. The number of rotatable bonds is 8. The van der Waals surface area contributed by atoms with E-state index < -0.39 is 0 Å². The summed E-state index contributed by atoms with van der Waals surface area (Å²) in [6, 6.07) is 10.3. The van der Waals surface area contributed by atoms with Gasteiger partial charge in [-0.15, -0.1) is 0 Å². The van der Waals surface area contributed by atoms with Crippen LogP contribution in [0.1, 0.15) is 50.6 Å². The van der Waals surface area contributed by atoms with Crippen LogP contribution in [0.3, 0.4) is 0 Å². The molecule has 0 saturated heterocycles. The number of hydrogen-bond acceptors (Lipinski definition) is 3. The maximum Gasteiger partial charge on any atom is 0.234 e. The molecule has 24 heavy (non-hydrogen) atoms. The molecule has 2 bridgehead atoms. The average Bonchev–Trinajstić information content (AvgIpc) is 3.22. The summed E-state index contributed by atoms with van der Waals surface area (Å²) in [5, 5.41) is 15.8. The van der Waals surface area contributed by atoms with Crippen LogP contribution < -0.4 is 10.6 Å². The largest absolute Gasteiger partial charge is 0.396 e. The van der Waals surface area contributed by atoms with Gasteiger partial charge in [0.1, 0.15) is 0 Å². The standard InChI is InChI=1S/C20H30N2O2/c1-14(18-12-15-7-8-17(18)11-15)22-20(24)13-21-19(9-10-23)16-5-3-2-4-6-16/h2-6,14-15,17-19,21,23H,7-13H2,1H3,(H,22,24). The van der Waals surface area contributed by atoms with Crippen LogP contribution in [0.5, 0.6) is 0 Å². The zero-order valence-corrected chi connectivity index (χ0v) is 14.6. The number of fused-ring (bicyclic) bond motifs is 2. The van der Waals surface area contributed by atoms with Gasteiger partial charge in [-0.3, -0.25) is 4.79 Å². The van der Waals surface area contributed by atoms with Crippen molar-refractivity contribution in [3.8, 4) is 0 Å². The highest BCUT2D eigenvalue weighted by molar-refractivity contribution is 5.78. The maximum absolute atomic E-state index is 12.3. The second kappa shape index (κ2) is 8.13. The molecular formula is C20H30N2O2. The molecule has 0 aliphatic heterocycles. The molecule has 0 heterocycles. The first-order chi connectivity index (χ1) is 11.7. The number of benzene rings is 1. The monoisotopic (exact) mass is 330 g/mol. The van der Waals surface area contributed by atoms with Crippen molar-refractivity contribution < 1.29 is 9.90 Å². The molecule has 0 radical (unpaired) electrons. The van der Waals surface area contributed by atoms with Gasteiger partial charge in [0.25, 0.3) is 0 Å². The van der Waals surface area contributed by atoms with Crippen molar-refractivity contribution in [1.29, 1.82) is 0 Å². The molecule has 3 N–H and O–H groups in total. The third-order valence-corrected chi connectivity index (χ3v) is 5.95. The molecule has 2 aliphatic rings. The predicted molar refractivity (Wildman–Crippen MR) is 95.4 cm³/mol. The summed E-state index contributed by atoms with van der Waals surface area (Å²) in [5.41, 5.74) is 1.11. The normalized spacial score (nSPS) is 27.8. The fraction of sp³-hybridized carbons (Fsp3) is 0.650. The highest BCUT2D eigenvalue weighted by atomic mass is 16.3. The number of carbonyl (C=O) groups excluding carboxylic acids is 1. The lowest BCUT2D eigenvalue weighted by Crippen LogP contribution is -2.44. The van der Waals surface area contributed by atoms with Gasteiger partial charge < -0.3 is 15.7 Å². The van der Waals surface area contributed by atoms with Crippen LogP contribution in [0, 0.1) is 17.8 Å². The fourth-order valence-corrected chi connectivity index (χ4v) is 4.74. The Kier molecular flexibility index (Phi) is 5.90. The highest BCUT2D eigenvalue weighted by Crippen LogP contribution is 2.49. The number of carbonyl (C=O) groups is 1. The molecule has 4 nitrogen and oxygen atoms in total. The Morgan fingerprint density at radius 2 is 2.04 bits per heavy atom. The second-order valence-electron chi connectivity index (χ2n) is 7.55. The Morgan fingerprint density at radius 3 is 2.67 bits per heavy atom. The summed E-state index contributed by atoms with van der Waals surface area (Å²) in [5.74, 6) is 2.45. The lowest BCUT2D eigenvalue weighted by atomic mass is 9.84. The van der Waals surface area contributed by atoms with E-state index in [-0.39, 0.29) is 24.6 Å². The van der Waals surface area contributed by atoms with Crippen LogP contribution in [0.4, 0.5) is 0 Å². The van der Waals surface area contributed by atoms with E-state index in [0.717, 1.165) is 17.4 Å². The van der Waals surface area contributed by atoms with E-state index in [4.69, 9.17) is 0 Å². The number of amides is 1. The van der Waals surface area contributed by atoms with E-state index in [2.05, 4.69) is 17.6 Å². The summed E-state index contributed by atoms with van der Waals surface area (Å²) in [6.45, 7) is 2.56. The minimum Gasteiger partial charge on any atom is -0.396 e. The summed E-state index contributed by atoms with van der Waals surface area (Å²) < 4.78 is 0. The van der Waals surface area contributed by atoms with Gasteiger partial charge in [0.05, 0.1) is 6.54 Å². The first-order valence-corrected chi connectivity index (χ1v) is 9.36. The molecule has 2 aliphatic carbocycles. The molecule has 1 aromatic rings.